The molecule has 0 aromatic carbocycles. The van der Waals surface area contributed by atoms with Gasteiger partial charge in [-0.15, -0.1) is 0 Å². The van der Waals surface area contributed by atoms with Gasteiger partial charge in [-0.25, -0.2) is 4.79 Å². The molecule has 1 atom stereocenters. The summed E-state index contributed by atoms with van der Waals surface area (Å²) in [5.74, 6) is -0.955. The third kappa shape index (κ3) is 5.41. The molecule has 0 saturated carbocycles. The molecule has 0 aliphatic carbocycles. The van der Waals surface area contributed by atoms with Crippen LogP contribution in [0.4, 0.5) is 4.79 Å². The predicted octanol–water partition coefficient (Wildman–Crippen LogP) is 0.639. The Labute approximate surface area is 112 Å². The Bertz CT molecular complexity index is 456. The third-order valence-electron chi connectivity index (χ3n) is 2.69. The molecule has 0 spiro atoms. The normalized spacial score (nSPS) is 11.9. The first kappa shape index (κ1) is 15.0. The van der Waals surface area contributed by atoms with Crippen LogP contribution in [0.5, 0.6) is 0 Å². The zero-order chi connectivity index (χ0) is 14.4. The lowest BCUT2D eigenvalue weighted by molar-refractivity contribution is -0.137. The Kier molecular flexibility index (Phi) is 5.35. The van der Waals surface area contributed by atoms with Gasteiger partial charge in [-0.05, 0) is 12.8 Å². The summed E-state index contributed by atoms with van der Waals surface area (Å²) >= 11 is 0. The van der Waals surface area contributed by atoms with E-state index in [1.807, 2.05) is 20.2 Å². The number of amides is 2. The molecule has 1 rings (SSSR count). The van der Waals surface area contributed by atoms with Crippen LogP contribution < -0.4 is 10.6 Å². The number of hydrogen-bond acceptors (Lipinski definition) is 3. The van der Waals surface area contributed by atoms with E-state index in [4.69, 9.17) is 5.11 Å². The molecule has 0 radical (unpaired) electrons. The van der Waals surface area contributed by atoms with Crippen LogP contribution >= 0.6 is 0 Å². The van der Waals surface area contributed by atoms with Crippen molar-refractivity contribution in [3.8, 4) is 0 Å². The largest absolute Gasteiger partial charge is 0.481 e. The lowest BCUT2D eigenvalue weighted by Crippen LogP contribution is -2.37. The van der Waals surface area contributed by atoms with Crippen LogP contribution in [0.1, 0.15) is 24.6 Å². The molecule has 1 aromatic rings. The van der Waals surface area contributed by atoms with Gasteiger partial charge in [0.05, 0.1) is 5.69 Å². The van der Waals surface area contributed by atoms with Crippen LogP contribution in [0.2, 0.25) is 0 Å². The van der Waals surface area contributed by atoms with E-state index in [1.54, 1.807) is 11.6 Å². The van der Waals surface area contributed by atoms with Crippen LogP contribution in [0.15, 0.2) is 6.20 Å². The van der Waals surface area contributed by atoms with Gasteiger partial charge in [-0.3, -0.25) is 9.48 Å². The van der Waals surface area contributed by atoms with Crippen molar-refractivity contribution in [2.24, 2.45) is 13.0 Å². The molecular weight excluding hydrogens is 248 g/mol. The lowest BCUT2D eigenvalue weighted by atomic mass is 10.1. The minimum Gasteiger partial charge on any atom is -0.481 e. The summed E-state index contributed by atoms with van der Waals surface area (Å²) in [6, 6.07) is -0.305. The average Bonchev–Trinajstić information content (AvgIpc) is 2.61. The van der Waals surface area contributed by atoms with E-state index in [-0.39, 0.29) is 18.4 Å². The molecule has 7 nitrogen and oxygen atoms in total. The van der Waals surface area contributed by atoms with Gasteiger partial charge in [0.25, 0.3) is 0 Å². The number of nitrogens with zero attached hydrogens (tertiary/aromatic N) is 2. The predicted molar refractivity (Wildman–Crippen MR) is 69.6 cm³/mol. The van der Waals surface area contributed by atoms with Crippen molar-refractivity contribution in [3.05, 3.63) is 17.5 Å². The summed E-state index contributed by atoms with van der Waals surface area (Å²) in [6.07, 6.45) is 1.89. The molecule has 0 aliphatic rings. The Hall–Kier alpha value is -2.05. The minimum absolute atomic E-state index is 0.0436. The summed E-state index contributed by atoms with van der Waals surface area (Å²) in [6.45, 7) is 4.40. The maximum atomic E-state index is 11.5. The Morgan fingerprint density at radius 3 is 2.68 bits per heavy atom. The van der Waals surface area contributed by atoms with E-state index in [0.29, 0.717) is 13.1 Å². The first-order valence-electron chi connectivity index (χ1n) is 6.11. The Morgan fingerprint density at radius 1 is 1.47 bits per heavy atom. The van der Waals surface area contributed by atoms with Crippen molar-refractivity contribution in [1.82, 2.24) is 20.4 Å². The fraction of sp³-hybridized carbons (Fsp3) is 0.583. The van der Waals surface area contributed by atoms with E-state index in [2.05, 4.69) is 15.7 Å². The topological polar surface area (TPSA) is 96.3 Å². The highest BCUT2D eigenvalue weighted by atomic mass is 16.4. The quantitative estimate of drug-likeness (QED) is 0.705. The zero-order valence-corrected chi connectivity index (χ0v) is 11.4. The molecule has 106 valence electrons. The monoisotopic (exact) mass is 268 g/mol. The van der Waals surface area contributed by atoms with Crippen molar-refractivity contribution in [3.63, 3.8) is 0 Å². The molecule has 1 unspecified atom stereocenters. The molecule has 7 heteroatoms. The van der Waals surface area contributed by atoms with Crippen molar-refractivity contribution < 1.29 is 14.7 Å². The van der Waals surface area contributed by atoms with Crippen LogP contribution in [-0.4, -0.2) is 33.4 Å². The Morgan fingerprint density at radius 2 is 2.16 bits per heavy atom. The van der Waals surface area contributed by atoms with Crippen molar-refractivity contribution in [1.29, 1.82) is 0 Å². The van der Waals surface area contributed by atoms with Crippen molar-refractivity contribution >= 4 is 12.0 Å². The fourth-order valence-electron chi connectivity index (χ4n) is 1.70. The first-order valence-corrected chi connectivity index (χ1v) is 6.11. The van der Waals surface area contributed by atoms with E-state index < -0.39 is 5.97 Å². The molecule has 2 amide bonds. The lowest BCUT2D eigenvalue weighted by Gasteiger charge is -2.11. The van der Waals surface area contributed by atoms with Crippen molar-refractivity contribution in [2.75, 3.05) is 6.54 Å². The average molecular weight is 268 g/mol. The smallest absolute Gasteiger partial charge is 0.315 e. The molecule has 19 heavy (non-hydrogen) atoms. The van der Waals surface area contributed by atoms with Crippen molar-refractivity contribution in [2.45, 2.75) is 26.8 Å². The van der Waals surface area contributed by atoms with E-state index in [1.165, 1.54) is 0 Å². The van der Waals surface area contributed by atoms with E-state index in [0.717, 1.165) is 11.3 Å². The second-order valence-electron chi connectivity index (χ2n) is 4.68. The Balaban J connectivity index is 2.28. The summed E-state index contributed by atoms with van der Waals surface area (Å²) in [5, 5.41) is 18.1. The van der Waals surface area contributed by atoms with Crippen LogP contribution in [-0.2, 0) is 18.4 Å². The highest BCUT2D eigenvalue weighted by Crippen LogP contribution is 2.03. The summed E-state index contributed by atoms with van der Waals surface area (Å²) in [7, 11) is 1.82. The van der Waals surface area contributed by atoms with Gasteiger partial charge >= 0.3 is 12.0 Å². The number of carboxylic acids is 1. The fourth-order valence-corrected chi connectivity index (χ4v) is 1.70. The number of rotatable bonds is 6. The van der Waals surface area contributed by atoms with Crippen LogP contribution in [0.25, 0.3) is 0 Å². The molecule has 0 aliphatic heterocycles. The number of urea groups is 1. The molecular formula is C12H20N4O3. The second kappa shape index (κ2) is 6.77. The van der Waals surface area contributed by atoms with Gasteiger partial charge in [0.2, 0.25) is 0 Å². The summed E-state index contributed by atoms with van der Waals surface area (Å²) in [5.41, 5.74) is 1.83. The molecule has 0 bridgehead atoms. The highest BCUT2D eigenvalue weighted by molar-refractivity contribution is 5.74. The van der Waals surface area contributed by atoms with E-state index >= 15 is 0 Å². The SMILES string of the molecule is Cc1nn(C)cc1CNC(=O)NCC(C)CC(=O)O. The first-order chi connectivity index (χ1) is 8.88. The van der Waals surface area contributed by atoms with Gasteiger partial charge in [0, 0.05) is 38.3 Å². The van der Waals surface area contributed by atoms with Gasteiger partial charge in [-0.1, -0.05) is 6.92 Å². The van der Waals surface area contributed by atoms with E-state index in [9.17, 15) is 9.59 Å². The number of aromatic nitrogens is 2. The third-order valence-corrected chi connectivity index (χ3v) is 2.69. The maximum Gasteiger partial charge on any atom is 0.315 e. The van der Waals surface area contributed by atoms with Gasteiger partial charge in [0.1, 0.15) is 0 Å². The number of aliphatic carboxylic acids is 1. The number of carboxylic acid groups (broad SMARTS) is 1. The van der Waals surface area contributed by atoms with Gasteiger partial charge in [0.15, 0.2) is 0 Å². The minimum atomic E-state index is -0.860. The number of carbonyl (C=O) groups is 2. The molecule has 1 aromatic heterocycles. The zero-order valence-electron chi connectivity index (χ0n) is 11.4. The standard InChI is InChI=1S/C12H20N4O3/c1-8(4-11(17)18)5-13-12(19)14-6-10-7-16(3)15-9(10)2/h7-8H,4-6H2,1-3H3,(H,17,18)(H2,13,14,19). The second-order valence-corrected chi connectivity index (χ2v) is 4.68. The number of hydrogen-bond donors (Lipinski definition) is 3. The molecule has 0 fully saturated rings. The molecule has 1 heterocycles. The molecule has 3 N–H and O–H groups in total. The molecule has 0 saturated heterocycles. The number of nitrogens with one attached hydrogen (secondary N) is 2. The maximum absolute atomic E-state index is 11.5. The van der Waals surface area contributed by atoms with Gasteiger partial charge < -0.3 is 15.7 Å². The van der Waals surface area contributed by atoms with Crippen LogP contribution in [0, 0.1) is 12.8 Å². The number of aryl methyl sites for hydroxylation is 2. The summed E-state index contributed by atoms with van der Waals surface area (Å²) in [4.78, 5) is 22.0. The van der Waals surface area contributed by atoms with Crippen LogP contribution in [0.3, 0.4) is 0 Å². The van der Waals surface area contributed by atoms with Gasteiger partial charge in [-0.2, -0.15) is 5.10 Å². The number of carbonyl (C=O) groups excluding carboxylic acids is 1. The summed E-state index contributed by atoms with van der Waals surface area (Å²) < 4.78 is 1.69. The highest BCUT2D eigenvalue weighted by Gasteiger charge is 2.10.